The molecular formula is C19H22ClN5O. The molecule has 0 saturated heterocycles. The second-order valence-electron chi connectivity index (χ2n) is 5.89. The van der Waals surface area contributed by atoms with E-state index < -0.39 is 0 Å². The lowest BCUT2D eigenvalue weighted by Crippen LogP contribution is -2.14. The van der Waals surface area contributed by atoms with Crippen molar-refractivity contribution in [2.24, 2.45) is 12.0 Å². The first-order valence-corrected chi connectivity index (χ1v) is 8.53. The van der Waals surface area contributed by atoms with Crippen molar-refractivity contribution < 1.29 is 4.79 Å². The predicted molar refractivity (Wildman–Crippen MR) is 106 cm³/mol. The van der Waals surface area contributed by atoms with Crippen molar-refractivity contribution in [1.82, 2.24) is 14.8 Å². The molecule has 0 radical (unpaired) electrons. The third-order valence-electron chi connectivity index (χ3n) is 3.90. The maximum atomic E-state index is 12.3. The SMILES string of the molecule is C=N/C(Cl)=C\C=C(/C)CCC(=O)Nc1c(C)c(-c2ccncc2)nn1C. The Kier molecular flexibility index (Phi) is 6.86. The summed E-state index contributed by atoms with van der Waals surface area (Å²) >= 11 is 5.76. The van der Waals surface area contributed by atoms with Crippen molar-refractivity contribution in [2.75, 3.05) is 5.32 Å². The van der Waals surface area contributed by atoms with Crippen molar-refractivity contribution in [3.05, 3.63) is 53.0 Å². The minimum absolute atomic E-state index is 0.0675. The molecule has 0 aliphatic rings. The molecule has 0 aromatic carbocycles. The third kappa shape index (κ3) is 5.13. The van der Waals surface area contributed by atoms with Crippen LogP contribution in [0.25, 0.3) is 11.3 Å². The molecule has 6 nitrogen and oxygen atoms in total. The quantitative estimate of drug-likeness (QED) is 0.449. The van der Waals surface area contributed by atoms with Crippen LogP contribution in [0.2, 0.25) is 0 Å². The molecule has 136 valence electrons. The molecule has 0 spiro atoms. The Balaban J connectivity index is 2.04. The minimum atomic E-state index is -0.0675. The van der Waals surface area contributed by atoms with Gasteiger partial charge in [0, 0.05) is 37.0 Å². The van der Waals surface area contributed by atoms with Gasteiger partial charge in [0.15, 0.2) is 0 Å². The molecular weight excluding hydrogens is 350 g/mol. The number of anilines is 1. The lowest BCUT2D eigenvalue weighted by molar-refractivity contribution is -0.116. The van der Waals surface area contributed by atoms with Crippen molar-refractivity contribution in [3.63, 3.8) is 0 Å². The minimum Gasteiger partial charge on any atom is -0.311 e. The van der Waals surface area contributed by atoms with Crippen LogP contribution >= 0.6 is 11.6 Å². The highest BCUT2D eigenvalue weighted by molar-refractivity contribution is 6.29. The van der Waals surface area contributed by atoms with E-state index in [0.717, 1.165) is 22.4 Å². The Hall–Kier alpha value is -2.73. The van der Waals surface area contributed by atoms with Crippen LogP contribution in [0.5, 0.6) is 0 Å². The molecule has 7 heteroatoms. The summed E-state index contributed by atoms with van der Waals surface area (Å²) in [6, 6.07) is 3.79. The van der Waals surface area contributed by atoms with Gasteiger partial charge in [0.2, 0.25) is 5.91 Å². The number of hydrogen-bond acceptors (Lipinski definition) is 4. The monoisotopic (exact) mass is 371 g/mol. The normalized spacial score (nSPS) is 12.2. The summed E-state index contributed by atoms with van der Waals surface area (Å²) in [6.07, 6.45) is 7.93. The molecule has 0 atom stereocenters. The number of nitrogens with zero attached hydrogens (tertiary/aromatic N) is 4. The average molecular weight is 372 g/mol. The van der Waals surface area contributed by atoms with Crippen LogP contribution in [-0.4, -0.2) is 27.4 Å². The summed E-state index contributed by atoms with van der Waals surface area (Å²) in [5.41, 5.74) is 3.75. The molecule has 0 bridgehead atoms. The van der Waals surface area contributed by atoms with E-state index in [4.69, 9.17) is 11.6 Å². The second kappa shape index (κ2) is 9.10. The third-order valence-corrected chi connectivity index (χ3v) is 4.14. The highest BCUT2D eigenvalue weighted by Crippen LogP contribution is 2.27. The van der Waals surface area contributed by atoms with Crippen LogP contribution in [0.15, 0.2) is 52.4 Å². The van der Waals surface area contributed by atoms with Gasteiger partial charge in [0.25, 0.3) is 0 Å². The zero-order chi connectivity index (χ0) is 19.1. The molecule has 2 rings (SSSR count). The largest absolute Gasteiger partial charge is 0.311 e. The lowest BCUT2D eigenvalue weighted by atomic mass is 10.1. The number of halogens is 1. The molecule has 1 N–H and O–H groups in total. The first-order chi connectivity index (χ1) is 12.4. The van der Waals surface area contributed by atoms with Crippen LogP contribution in [0.1, 0.15) is 25.3 Å². The number of hydrogen-bond donors (Lipinski definition) is 1. The number of amides is 1. The summed E-state index contributed by atoms with van der Waals surface area (Å²) in [7, 11) is 1.81. The number of carbonyl (C=O) groups is 1. The summed E-state index contributed by atoms with van der Waals surface area (Å²) in [5, 5.41) is 7.78. The van der Waals surface area contributed by atoms with Gasteiger partial charge in [0.1, 0.15) is 11.0 Å². The molecule has 2 aromatic rings. The molecule has 0 saturated carbocycles. The maximum Gasteiger partial charge on any atom is 0.225 e. The number of aryl methyl sites for hydroxylation is 1. The van der Waals surface area contributed by atoms with E-state index >= 15 is 0 Å². The summed E-state index contributed by atoms with van der Waals surface area (Å²) in [4.78, 5) is 19.9. The molecule has 26 heavy (non-hydrogen) atoms. The van der Waals surface area contributed by atoms with Gasteiger partial charge in [-0.2, -0.15) is 5.10 Å². The van der Waals surface area contributed by atoms with E-state index in [-0.39, 0.29) is 5.91 Å². The Morgan fingerprint density at radius 3 is 2.69 bits per heavy atom. The van der Waals surface area contributed by atoms with E-state index in [1.807, 2.05) is 39.1 Å². The van der Waals surface area contributed by atoms with Crippen molar-refractivity contribution >= 4 is 30.0 Å². The van der Waals surface area contributed by atoms with Crippen molar-refractivity contribution in [2.45, 2.75) is 26.7 Å². The van der Waals surface area contributed by atoms with Gasteiger partial charge in [-0.15, -0.1) is 0 Å². The van der Waals surface area contributed by atoms with Gasteiger partial charge in [-0.1, -0.05) is 23.3 Å². The van der Waals surface area contributed by atoms with E-state index in [2.05, 4.69) is 27.1 Å². The van der Waals surface area contributed by atoms with Gasteiger partial charge in [-0.25, -0.2) is 0 Å². The second-order valence-corrected chi connectivity index (χ2v) is 6.28. The van der Waals surface area contributed by atoms with E-state index in [9.17, 15) is 4.79 Å². The number of rotatable bonds is 7. The molecule has 0 unspecified atom stereocenters. The Labute approximate surface area is 158 Å². The Morgan fingerprint density at radius 2 is 2.04 bits per heavy atom. The standard InChI is InChI=1S/C19H22ClN5O/c1-13(5-7-16(20)21-3)6-8-17(26)23-19-14(2)18(24-25(19)4)15-9-11-22-12-10-15/h5,7,9-12H,3,6,8H2,1-2,4H3,(H,23,26)/b13-5+,16-7-. The highest BCUT2D eigenvalue weighted by atomic mass is 35.5. The Bertz CT molecular complexity index is 852. The number of aliphatic imine (C=N–C) groups is 1. The molecule has 2 heterocycles. The first kappa shape index (κ1) is 19.6. The van der Waals surface area contributed by atoms with E-state index in [0.29, 0.717) is 23.8 Å². The van der Waals surface area contributed by atoms with Gasteiger partial charge in [-0.3, -0.25) is 19.5 Å². The number of pyridine rings is 1. The number of aromatic nitrogens is 3. The predicted octanol–water partition coefficient (Wildman–Crippen LogP) is 4.24. The lowest BCUT2D eigenvalue weighted by Gasteiger charge is -2.07. The van der Waals surface area contributed by atoms with Crippen LogP contribution in [-0.2, 0) is 11.8 Å². The maximum absolute atomic E-state index is 12.3. The van der Waals surface area contributed by atoms with E-state index in [1.165, 1.54) is 0 Å². The molecule has 1 amide bonds. The van der Waals surface area contributed by atoms with Crippen LogP contribution < -0.4 is 5.32 Å². The number of nitrogens with one attached hydrogen (secondary N) is 1. The number of carbonyl (C=O) groups excluding carboxylic acids is 1. The molecule has 0 aliphatic heterocycles. The fourth-order valence-electron chi connectivity index (χ4n) is 2.44. The van der Waals surface area contributed by atoms with Crippen LogP contribution in [0.3, 0.4) is 0 Å². The van der Waals surface area contributed by atoms with E-state index in [1.54, 1.807) is 23.2 Å². The molecule has 0 aliphatic carbocycles. The Morgan fingerprint density at radius 1 is 1.35 bits per heavy atom. The fourth-order valence-corrected chi connectivity index (χ4v) is 2.50. The van der Waals surface area contributed by atoms with Gasteiger partial charge in [0.05, 0.1) is 5.69 Å². The summed E-state index contributed by atoms with van der Waals surface area (Å²) in [6.45, 7) is 7.23. The topological polar surface area (TPSA) is 72.2 Å². The first-order valence-electron chi connectivity index (χ1n) is 8.16. The number of allylic oxidation sites excluding steroid dienone is 3. The zero-order valence-electron chi connectivity index (χ0n) is 15.2. The average Bonchev–Trinajstić information content (AvgIpc) is 2.93. The van der Waals surface area contributed by atoms with Gasteiger partial charge in [-0.05, 0) is 45.2 Å². The summed E-state index contributed by atoms with van der Waals surface area (Å²) in [5.74, 6) is 0.629. The van der Waals surface area contributed by atoms with Gasteiger partial charge < -0.3 is 5.32 Å². The van der Waals surface area contributed by atoms with Gasteiger partial charge >= 0.3 is 0 Å². The van der Waals surface area contributed by atoms with Crippen molar-refractivity contribution in [3.8, 4) is 11.3 Å². The summed E-state index contributed by atoms with van der Waals surface area (Å²) < 4.78 is 1.68. The molecule has 0 fully saturated rings. The zero-order valence-corrected chi connectivity index (χ0v) is 15.9. The smallest absolute Gasteiger partial charge is 0.225 e. The molecule has 2 aromatic heterocycles. The van der Waals surface area contributed by atoms with Crippen LogP contribution in [0.4, 0.5) is 5.82 Å². The fraction of sp³-hybridized carbons (Fsp3) is 0.263. The van der Waals surface area contributed by atoms with Crippen LogP contribution in [0, 0.1) is 6.92 Å². The van der Waals surface area contributed by atoms with Crippen molar-refractivity contribution in [1.29, 1.82) is 0 Å². The highest BCUT2D eigenvalue weighted by Gasteiger charge is 2.15.